The number of carbonyl (C=O) groups excluding carboxylic acids is 1. The molecule has 6 nitrogen and oxygen atoms in total. The summed E-state index contributed by atoms with van der Waals surface area (Å²) >= 11 is 1.83. The summed E-state index contributed by atoms with van der Waals surface area (Å²) in [6.45, 7) is 12.3. The Morgan fingerprint density at radius 1 is 1.14 bits per heavy atom. The first-order valence-corrected chi connectivity index (χ1v) is 12.1. The van der Waals surface area contributed by atoms with Crippen molar-refractivity contribution in [1.82, 2.24) is 20.0 Å². The van der Waals surface area contributed by atoms with Crippen LogP contribution in [-0.2, 0) is 11.2 Å². The second kappa shape index (κ2) is 11.6. The van der Waals surface area contributed by atoms with Crippen molar-refractivity contribution in [2.45, 2.75) is 39.5 Å². The summed E-state index contributed by atoms with van der Waals surface area (Å²) < 4.78 is 0. The highest BCUT2D eigenvalue weighted by atomic mass is 32.1. The van der Waals surface area contributed by atoms with Gasteiger partial charge in [-0.2, -0.15) is 0 Å². The van der Waals surface area contributed by atoms with E-state index in [2.05, 4.69) is 51.4 Å². The molecular weight excluding hydrogens is 382 g/mol. The van der Waals surface area contributed by atoms with E-state index in [1.807, 2.05) is 11.3 Å². The van der Waals surface area contributed by atoms with E-state index in [1.165, 1.54) is 11.3 Å². The predicted octanol–water partition coefficient (Wildman–Crippen LogP) is 2.52. The number of hydrogen-bond acceptors (Lipinski definition) is 4. The Kier molecular flexibility index (Phi) is 8.80. The summed E-state index contributed by atoms with van der Waals surface area (Å²) in [5.74, 6) is 1.86. The molecule has 3 heterocycles. The first kappa shape index (κ1) is 22.1. The highest BCUT2D eigenvalue weighted by Gasteiger charge is 2.24. The van der Waals surface area contributed by atoms with Crippen molar-refractivity contribution in [2.24, 2.45) is 10.9 Å². The third-order valence-electron chi connectivity index (χ3n) is 5.76. The Balaban J connectivity index is 1.45. The minimum absolute atomic E-state index is 0.307. The summed E-state index contributed by atoms with van der Waals surface area (Å²) in [4.78, 5) is 25.6. The third-order valence-corrected chi connectivity index (χ3v) is 6.66. The number of guanidine groups is 1. The summed E-state index contributed by atoms with van der Waals surface area (Å²) in [6.07, 6.45) is 4.67. The van der Waals surface area contributed by atoms with Gasteiger partial charge in [-0.25, -0.2) is 0 Å². The van der Waals surface area contributed by atoms with E-state index in [0.29, 0.717) is 18.4 Å². The Labute approximate surface area is 180 Å². The van der Waals surface area contributed by atoms with Crippen LogP contribution in [0.15, 0.2) is 22.5 Å². The maximum Gasteiger partial charge on any atom is 0.236 e. The monoisotopic (exact) mass is 419 g/mol. The van der Waals surface area contributed by atoms with Crippen LogP contribution in [0.3, 0.4) is 0 Å². The smallest absolute Gasteiger partial charge is 0.236 e. The van der Waals surface area contributed by atoms with Crippen LogP contribution >= 0.6 is 11.3 Å². The average Bonchev–Trinajstić information content (AvgIpc) is 3.25. The predicted molar refractivity (Wildman–Crippen MR) is 122 cm³/mol. The van der Waals surface area contributed by atoms with Crippen molar-refractivity contribution in [3.05, 3.63) is 22.4 Å². The fourth-order valence-corrected chi connectivity index (χ4v) is 4.93. The van der Waals surface area contributed by atoms with Crippen LogP contribution in [0.25, 0.3) is 0 Å². The van der Waals surface area contributed by atoms with Crippen LogP contribution in [0.2, 0.25) is 0 Å². The van der Waals surface area contributed by atoms with E-state index in [-0.39, 0.29) is 0 Å². The van der Waals surface area contributed by atoms with Crippen molar-refractivity contribution in [3.8, 4) is 0 Å². The second-order valence-corrected chi connectivity index (χ2v) is 9.32. The molecule has 0 radical (unpaired) electrons. The van der Waals surface area contributed by atoms with Gasteiger partial charge >= 0.3 is 0 Å². The van der Waals surface area contributed by atoms with Gasteiger partial charge in [-0.15, -0.1) is 11.3 Å². The van der Waals surface area contributed by atoms with E-state index in [9.17, 15) is 4.79 Å². The largest absolute Gasteiger partial charge is 0.357 e. The number of hydrogen-bond donors (Lipinski definition) is 1. The molecule has 3 rings (SSSR count). The van der Waals surface area contributed by atoms with Gasteiger partial charge in [0, 0.05) is 57.2 Å². The molecule has 0 spiro atoms. The summed E-state index contributed by atoms with van der Waals surface area (Å²) in [5, 5.41) is 5.60. The number of aliphatic imine (C=N–C) groups is 1. The maximum absolute atomic E-state index is 12.5. The highest BCUT2D eigenvalue weighted by molar-refractivity contribution is 7.09. The molecule has 2 aliphatic heterocycles. The van der Waals surface area contributed by atoms with Crippen LogP contribution in [0.1, 0.15) is 38.0 Å². The minimum Gasteiger partial charge on any atom is -0.357 e. The molecule has 2 aliphatic rings. The summed E-state index contributed by atoms with van der Waals surface area (Å²) in [6, 6.07) is 4.33. The lowest BCUT2D eigenvalue weighted by atomic mass is 10.1. The molecule has 1 unspecified atom stereocenters. The lowest BCUT2D eigenvalue weighted by molar-refractivity contribution is -0.133. The van der Waals surface area contributed by atoms with Crippen molar-refractivity contribution < 1.29 is 4.79 Å². The normalized spacial score (nSPS) is 20.0. The van der Waals surface area contributed by atoms with Crippen LogP contribution in [0.4, 0.5) is 0 Å². The Bertz CT molecular complexity index is 634. The molecule has 0 aromatic carbocycles. The molecule has 0 saturated carbocycles. The molecule has 1 aromatic heterocycles. The number of nitrogens with zero attached hydrogens (tertiary/aromatic N) is 4. The fraction of sp³-hybridized carbons (Fsp3) is 0.727. The lowest BCUT2D eigenvalue weighted by Gasteiger charge is -2.37. The number of piperazine rings is 1. The van der Waals surface area contributed by atoms with Crippen LogP contribution < -0.4 is 5.32 Å². The molecule has 1 atom stereocenters. The Hall–Kier alpha value is -1.60. The molecule has 7 heteroatoms. The van der Waals surface area contributed by atoms with Gasteiger partial charge in [0.25, 0.3) is 0 Å². The molecule has 2 saturated heterocycles. The number of amides is 1. The molecule has 1 amide bonds. The highest BCUT2D eigenvalue weighted by Crippen LogP contribution is 2.15. The molecule has 0 aliphatic carbocycles. The third kappa shape index (κ3) is 7.00. The Morgan fingerprint density at radius 3 is 2.55 bits per heavy atom. The van der Waals surface area contributed by atoms with Gasteiger partial charge < -0.3 is 15.1 Å². The van der Waals surface area contributed by atoms with Gasteiger partial charge in [-0.1, -0.05) is 13.0 Å². The van der Waals surface area contributed by atoms with Crippen LogP contribution in [0, 0.1) is 5.92 Å². The van der Waals surface area contributed by atoms with Crippen molar-refractivity contribution in [2.75, 3.05) is 58.9 Å². The number of piperidine rings is 1. The maximum atomic E-state index is 12.5. The summed E-state index contributed by atoms with van der Waals surface area (Å²) in [5.41, 5.74) is 0. The number of carbonyl (C=O) groups is 1. The topological polar surface area (TPSA) is 51.2 Å². The molecule has 0 bridgehead atoms. The molecule has 1 N–H and O–H groups in total. The van der Waals surface area contributed by atoms with Gasteiger partial charge in [0.05, 0.1) is 6.54 Å². The number of likely N-dealkylation sites (tertiary alicyclic amines) is 1. The fourth-order valence-electron chi connectivity index (χ4n) is 4.06. The average molecular weight is 420 g/mol. The first-order chi connectivity index (χ1) is 14.2. The quantitative estimate of drug-likeness (QED) is 0.545. The molecular formula is C22H37N5OS. The molecule has 29 heavy (non-hydrogen) atoms. The minimum atomic E-state index is 0.307. The zero-order valence-electron chi connectivity index (χ0n) is 18.1. The SMILES string of the molecule is CCNC(=NCC(C)Cc1cccs1)N1CCN(CC(=O)N2CCCCC2)CC1. The second-order valence-electron chi connectivity index (χ2n) is 8.29. The van der Waals surface area contributed by atoms with E-state index in [0.717, 1.165) is 77.6 Å². The molecule has 1 aromatic rings. The van der Waals surface area contributed by atoms with Crippen molar-refractivity contribution in [1.29, 1.82) is 0 Å². The Morgan fingerprint density at radius 2 is 1.90 bits per heavy atom. The van der Waals surface area contributed by atoms with Gasteiger partial charge in [0.15, 0.2) is 5.96 Å². The molecule has 162 valence electrons. The van der Waals surface area contributed by atoms with E-state index < -0.39 is 0 Å². The van der Waals surface area contributed by atoms with Crippen LogP contribution in [-0.4, -0.2) is 85.5 Å². The zero-order valence-corrected chi connectivity index (χ0v) is 18.9. The van der Waals surface area contributed by atoms with E-state index >= 15 is 0 Å². The van der Waals surface area contributed by atoms with Gasteiger partial charge in [-0.05, 0) is 50.0 Å². The van der Waals surface area contributed by atoms with E-state index in [4.69, 9.17) is 4.99 Å². The van der Waals surface area contributed by atoms with Crippen LogP contribution in [0.5, 0.6) is 0 Å². The lowest BCUT2D eigenvalue weighted by Crippen LogP contribution is -2.54. The van der Waals surface area contributed by atoms with Gasteiger partial charge in [0.1, 0.15) is 0 Å². The summed E-state index contributed by atoms with van der Waals surface area (Å²) in [7, 11) is 0. The molecule has 2 fully saturated rings. The van der Waals surface area contributed by atoms with Crippen molar-refractivity contribution >= 4 is 23.2 Å². The van der Waals surface area contributed by atoms with E-state index in [1.54, 1.807) is 0 Å². The number of thiophene rings is 1. The first-order valence-electron chi connectivity index (χ1n) is 11.2. The van der Waals surface area contributed by atoms with Gasteiger partial charge in [0.2, 0.25) is 5.91 Å². The number of nitrogens with one attached hydrogen (secondary N) is 1. The van der Waals surface area contributed by atoms with Gasteiger partial charge in [-0.3, -0.25) is 14.7 Å². The number of rotatable bonds is 7. The standard InChI is InChI=1S/C22H37N5OS/c1-3-23-22(24-17-19(2)16-20-8-7-15-29-20)27-13-11-25(12-14-27)18-21(28)26-9-5-4-6-10-26/h7-8,15,19H,3-6,9-14,16-18H2,1-2H3,(H,23,24). The van der Waals surface area contributed by atoms with Crippen molar-refractivity contribution in [3.63, 3.8) is 0 Å². The zero-order chi connectivity index (χ0) is 20.5.